The molecule has 0 bridgehead atoms. The van der Waals surface area contributed by atoms with Crippen LogP contribution in [0.3, 0.4) is 0 Å². The highest BCUT2D eigenvalue weighted by atomic mass is 16.1. The molecule has 0 saturated heterocycles. The molecule has 1 amide bonds. The summed E-state index contributed by atoms with van der Waals surface area (Å²) in [5.41, 5.74) is 10.9. The van der Waals surface area contributed by atoms with Crippen molar-refractivity contribution >= 4 is 17.4 Å². The molecule has 8 nitrogen and oxygen atoms in total. The number of anilines is 2. The first-order valence-electron chi connectivity index (χ1n) is 10.6. The van der Waals surface area contributed by atoms with Crippen LogP contribution in [0.4, 0.5) is 11.5 Å². The summed E-state index contributed by atoms with van der Waals surface area (Å²) in [6.45, 7) is 5.53. The fourth-order valence-electron chi connectivity index (χ4n) is 3.44. The molecule has 3 N–H and O–H groups in total. The van der Waals surface area contributed by atoms with Crippen LogP contribution >= 0.6 is 0 Å². The molecule has 0 radical (unpaired) electrons. The number of benzene rings is 1. The minimum Gasteiger partial charge on any atom is -0.384 e. The highest BCUT2D eigenvalue weighted by Gasteiger charge is 2.22. The summed E-state index contributed by atoms with van der Waals surface area (Å²) in [5, 5.41) is 12.3. The largest absolute Gasteiger partial charge is 0.384 e. The van der Waals surface area contributed by atoms with Gasteiger partial charge in [-0.15, -0.1) is 0 Å². The van der Waals surface area contributed by atoms with Gasteiger partial charge >= 0.3 is 0 Å². The van der Waals surface area contributed by atoms with Crippen molar-refractivity contribution in [2.24, 2.45) is 0 Å². The maximum atomic E-state index is 12.9. The van der Waals surface area contributed by atoms with Crippen molar-refractivity contribution in [3.05, 3.63) is 84.2 Å². The van der Waals surface area contributed by atoms with E-state index in [0.717, 1.165) is 22.3 Å². The van der Waals surface area contributed by atoms with E-state index in [0.29, 0.717) is 28.5 Å². The zero-order chi connectivity index (χ0) is 24.3. The van der Waals surface area contributed by atoms with Gasteiger partial charge in [0.1, 0.15) is 12.1 Å². The Kier molecular flexibility index (Phi) is 6.02. The Balaban J connectivity index is 1.63. The van der Waals surface area contributed by atoms with E-state index in [4.69, 9.17) is 5.73 Å². The van der Waals surface area contributed by atoms with E-state index in [1.807, 2.05) is 31.2 Å². The van der Waals surface area contributed by atoms with E-state index in [2.05, 4.69) is 31.3 Å². The Morgan fingerprint density at radius 1 is 1.03 bits per heavy atom. The van der Waals surface area contributed by atoms with Crippen molar-refractivity contribution in [1.29, 1.82) is 5.26 Å². The highest BCUT2D eigenvalue weighted by molar-refractivity contribution is 6.04. The number of nitrogen functional groups attached to an aromatic ring is 1. The van der Waals surface area contributed by atoms with Gasteiger partial charge in [-0.3, -0.25) is 14.8 Å². The quantitative estimate of drug-likeness (QED) is 0.457. The molecule has 3 heterocycles. The molecule has 4 aromatic rings. The minimum atomic E-state index is -0.792. The standard InChI is InChI=1S/C26H23N7O/c1-16-4-5-20(33-25(34)17-6-7-30-23(9-17)26(2,3)14-27)10-21(16)18-8-19(13-29-12-18)22-11-24(28)32-15-31-22/h4-13,15H,1-3H3,(H,33,34)(H2,28,31,32). The van der Waals surface area contributed by atoms with Gasteiger partial charge < -0.3 is 11.1 Å². The van der Waals surface area contributed by atoms with Gasteiger partial charge in [-0.2, -0.15) is 5.26 Å². The lowest BCUT2D eigenvalue weighted by molar-refractivity contribution is 0.102. The number of carbonyl (C=O) groups is 1. The number of aromatic nitrogens is 4. The predicted molar refractivity (Wildman–Crippen MR) is 131 cm³/mol. The maximum Gasteiger partial charge on any atom is 0.255 e. The molecule has 0 aliphatic rings. The molecule has 1 aromatic carbocycles. The zero-order valence-electron chi connectivity index (χ0n) is 19.1. The van der Waals surface area contributed by atoms with E-state index in [1.54, 1.807) is 50.6 Å². The van der Waals surface area contributed by atoms with Crippen molar-refractivity contribution in [3.63, 3.8) is 0 Å². The van der Waals surface area contributed by atoms with Gasteiger partial charge in [0.05, 0.1) is 22.9 Å². The Morgan fingerprint density at radius 2 is 1.82 bits per heavy atom. The molecular weight excluding hydrogens is 426 g/mol. The lowest BCUT2D eigenvalue weighted by Crippen LogP contribution is -2.18. The van der Waals surface area contributed by atoms with Gasteiger partial charge in [0.2, 0.25) is 0 Å². The number of nitriles is 1. The number of carbonyl (C=O) groups excluding carboxylic acids is 1. The van der Waals surface area contributed by atoms with Gasteiger partial charge in [-0.05, 0) is 62.2 Å². The lowest BCUT2D eigenvalue weighted by Gasteiger charge is -2.15. The number of pyridine rings is 2. The maximum absolute atomic E-state index is 12.9. The normalized spacial score (nSPS) is 11.0. The first kappa shape index (κ1) is 22.6. The van der Waals surface area contributed by atoms with Gasteiger partial charge in [-0.25, -0.2) is 9.97 Å². The van der Waals surface area contributed by atoms with Crippen LogP contribution in [0.1, 0.15) is 35.5 Å². The molecule has 0 atom stereocenters. The van der Waals surface area contributed by atoms with E-state index < -0.39 is 5.41 Å². The summed E-state index contributed by atoms with van der Waals surface area (Å²) >= 11 is 0. The molecule has 0 aliphatic carbocycles. The summed E-state index contributed by atoms with van der Waals surface area (Å²) in [6.07, 6.45) is 6.44. The second kappa shape index (κ2) is 9.08. The summed E-state index contributed by atoms with van der Waals surface area (Å²) in [6, 6.07) is 14.8. The van der Waals surface area contributed by atoms with Crippen LogP contribution in [0.2, 0.25) is 0 Å². The van der Waals surface area contributed by atoms with E-state index in [1.165, 1.54) is 6.33 Å². The average Bonchev–Trinajstić information content (AvgIpc) is 2.85. The van der Waals surface area contributed by atoms with Crippen LogP contribution < -0.4 is 11.1 Å². The average molecular weight is 450 g/mol. The van der Waals surface area contributed by atoms with Crippen molar-refractivity contribution in [1.82, 2.24) is 19.9 Å². The van der Waals surface area contributed by atoms with Crippen LogP contribution in [0.5, 0.6) is 0 Å². The molecule has 0 saturated carbocycles. The third kappa shape index (κ3) is 4.74. The highest BCUT2D eigenvalue weighted by Crippen LogP contribution is 2.29. The summed E-state index contributed by atoms with van der Waals surface area (Å²) in [4.78, 5) is 29.7. The molecule has 0 spiro atoms. The first-order chi connectivity index (χ1) is 16.3. The summed E-state index contributed by atoms with van der Waals surface area (Å²) in [5.74, 6) is 0.101. The van der Waals surface area contributed by atoms with Gasteiger partial charge in [0, 0.05) is 47.0 Å². The monoisotopic (exact) mass is 449 g/mol. The molecule has 34 heavy (non-hydrogen) atoms. The van der Waals surface area contributed by atoms with Crippen LogP contribution in [-0.2, 0) is 5.41 Å². The predicted octanol–water partition coefficient (Wildman–Crippen LogP) is 4.54. The van der Waals surface area contributed by atoms with E-state index in [-0.39, 0.29) is 5.91 Å². The third-order valence-corrected chi connectivity index (χ3v) is 5.47. The van der Waals surface area contributed by atoms with E-state index >= 15 is 0 Å². The van der Waals surface area contributed by atoms with Gasteiger partial charge in [0.25, 0.3) is 5.91 Å². The first-order valence-corrected chi connectivity index (χ1v) is 10.6. The Hall–Kier alpha value is -4.64. The number of nitrogens with two attached hydrogens (primary N) is 1. The van der Waals surface area contributed by atoms with Crippen LogP contribution in [-0.4, -0.2) is 25.8 Å². The molecule has 0 aliphatic heterocycles. The number of nitrogens with one attached hydrogen (secondary N) is 1. The second-order valence-electron chi connectivity index (χ2n) is 8.44. The third-order valence-electron chi connectivity index (χ3n) is 5.47. The smallest absolute Gasteiger partial charge is 0.255 e. The van der Waals surface area contributed by atoms with Crippen molar-refractivity contribution in [2.75, 3.05) is 11.1 Å². The van der Waals surface area contributed by atoms with Gasteiger partial charge in [0.15, 0.2) is 0 Å². The minimum absolute atomic E-state index is 0.282. The van der Waals surface area contributed by atoms with Crippen LogP contribution in [0, 0.1) is 18.3 Å². The molecule has 8 heteroatoms. The lowest BCUT2D eigenvalue weighted by atomic mass is 9.90. The van der Waals surface area contributed by atoms with Crippen molar-refractivity contribution < 1.29 is 4.79 Å². The second-order valence-corrected chi connectivity index (χ2v) is 8.44. The fraction of sp³-hybridized carbons (Fsp3) is 0.154. The Bertz CT molecular complexity index is 1420. The van der Waals surface area contributed by atoms with Crippen LogP contribution in [0.15, 0.2) is 67.4 Å². The molecule has 4 rings (SSSR count). The Morgan fingerprint density at radius 3 is 2.59 bits per heavy atom. The zero-order valence-corrected chi connectivity index (χ0v) is 19.1. The van der Waals surface area contributed by atoms with Gasteiger partial charge in [-0.1, -0.05) is 6.07 Å². The fourth-order valence-corrected chi connectivity index (χ4v) is 3.44. The number of hydrogen-bond donors (Lipinski definition) is 2. The number of hydrogen-bond acceptors (Lipinski definition) is 7. The van der Waals surface area contributed by atoms with E-state index in [9.17, 15) is 10.1 Å². The van der Waals surface area contributed by atoms with Crippen LogP contribution in [0.25, 0.3) is 22.4 Å². The SMILES string of the molecule is Cc1ccc(NC(=O)c2ccnc(C(C)(C)C#N)c2)cc1-c1cncc(-c2cc(N)ncn2)c1. The summed E-state index contributed by atoms with van der Waals surface area (Å²) < 4.78 is 0. The number of aryl methyl sites for hydroxylation is 1. The number of nitrogens with zero attached hydrogens (tertiary/aromatic N) is 5. The molecule has 168 valence electrons. The molecular formula is C26H23N7O. The molecule has 3 aromatic heterocycles. The summed E-state index contributed by atoms with van der Waals surface area (Å²) in [7, 11) is 0. The Labute approximate surface area is 197 Å². The number of amides is 1. The van der Waals surface area contributed by atoms with Crippen molar-refractivity contribution in [3.8, 4) is 28.5 Å². The molecule has 0 unspecified atom stereocenters. The van der Waals surface area contributed by atoms with Crippen molar-refractivity contribution in [2.45, 2.75) is 26.2 Å². The topological polar surface area (TPSA) is 130 Å². The molecule has 0 fully saturated rings. The number of rotatable bonds is 5.